The van der Waals surface area contributed by atoms with Gasteiger partial charge in [-0.2, -0.15) is 0 Å². The second kappa shape index (κ2) is 5.73. The zero-order chi connectivity index (χ0) is 11.3. The van der Waals surface area contributed by atoms with Crippen molar-refractivity contribution in [2.45, 2.75) is 19.4 Å². The van der Waals surface area contributed by atoms with Crippen molar-refractivity contribution in [1.82, 2.24) is 5.32 Å². The number of nitrogens with one attached hydrogen (secondary N) is 1. The number of hydrogen-bond acceptors (Lipinski definition) is 2. The van der Waals surface area contributed by atoms with Crippen molar-refractivity contribution in [1.29, 1.82) is 0 Å². The molecule has 1 aromatic rings. The van der Waals surface area contributed by atoms with Crippen molar-refractivity contribution in [3.8, 4) is 0 Å². The van der Waals surface area contributed by atoms with Crippen molar-refractivity contribution < 1.29 is 4.79 Å². The molecule has 1 rings (SSSR count). The topological polar surface area (TPSA) is 55.1 Å². The summed E-state index contributed by atoms with van der Waals surface area (Å²) in [6.07, 6.45) is 0.812. The first-order valence-corrected chi connectivity index (χ1v) is 5.30. The third-order valence-corrected chi connectivity index (χ3v) is 2.42. The Morgan fingerprint density at radius 2 is 2.33 bits per heavy atom. The number of amides is 1. The van der Waals surface area contributed by atoms with Crippen LogP contribution in [0.1, 0.15) is 24.9 Å². The predicted molar refractivity (Wildman–Crippen MR) is 61.7 cm³/mol. The lowest BCUT2D eigenvalue weighted by Crippen LogP contribution is -2.33. The molecule has 4 heteroatoms. The molecule has 1 unspecified atom stereocenters. The number of carbonyl (C=O) groups is 1. The average Bonchev–Trinajstić information content (AvgIpc) is 2.25. The molecule has 0 bridgehead atoms. The van der Waals surface area contributed by atoms with Crippen LogP contribution in [0.3, 0.4) is 0 Å². The Kier molecular flexibility index (Phi) is 4.59. The van der Waals surface area contributed by atoms with Gasteiger partial charge < -0.3 is 11.1 Å². The van der Waals surface area contributed by atoms with E-state index in [1.165, 1.54) is 0 Å². The Balaban J connectivity index is 2.78. The second-order valence-corrected chi connectivity index (χ2v) is 3.72. The van der Waals surface area contributed by atoms with E-state index >= 15 is 0 Å². The van der Waals surface area contributed by atoms with Crippen molar-refractivity contribution >= 4 is 17.5 Å². The molecule has 0 fully saturated rings. The van der Waals surface area contributed by atoms with Crippen LogP contribution in [0.5, 0.6) is 0 Å². The van der Waals surface area contributed by atoms with Crippen molar-refractivity contribution in [3.05, 3.63) is 34.9 Å². The van der Waals surface area contributed by atoms with Crippen LogP contribution in [0.2, 0.25) is 5.02 Å². The lowest BCUT2D eigenvalue weighted by Gasteiger charge is -2.17. The van der Waals surface area contributed by atoms with Gasteiger partial charge in [0.25, 0.3) is 0 Å². The first-order valence-electron chi connectivity index (χ1n) is 4.92. The molecular weight excluding hydrogens is 212 g/mol. The summed E-state index contributed by atoms with van der Waals surface area (Å²) >= 11 is 5.88. The minimum atomic E-state index is -0.151. The maximum absolute atomic E-state index is 11.2. The zero-order valence-electron chi connectivity index (χ0n) is 8.66. The molecule has 15 heavy (non-hydrogen) atoms. The maximum Gasteiger partial charge on any atom is 0.234 e. The number of hydrogen-bond donors (Lipinski definition) is 2. The Bertz CT molecular complexity index is 341. The highest BCUT2D eigenvalue weighted by molar-refractivity contribution is 6.30. The Labute approximate surface area is 94.6 Å². The van der Waals surface area contributed by atoms with Gasteiger partial charge in [-0.05, 0) is 24.1 Å². The van der Waals surface area contributed by atoms with E-state index < -0.39 is 0 Å². The fourth-order valence-electron chi connectivity index (χ4n) is 1.40. The van der Waals surface area contributed by atoms with Crippen LogP contribution in [0.25, 0.3) is 0 Å². The van der Waals surface area contributed by atoms with Gasteiger partial charge >= 0.3 is 0 Å². The van der Waals surface area contributed by atoms with Gasteiger partial charge in [0.1, 0.15) is 0 Å². The summed E-state index contributed by atoms with van der Waals surface area (Å²) < 4.78 is 0. The molecule has 0 aliphatic rings. The summed E-state index contributed by atoms with van der Waals surface area (Å²) in [6, 6.07) is 7.46. The molecule has 1 atom stereocenters. The molecule has 0 saturated heterocycles. The SMILES string of the molecule is CCC(NC(=O)CN)c1cccc(Cl)c1. The molecule has 3 N–H and O–H groups in total. The lowest BCUT2D eigenvalue weighted by molar-refractivity contribution is -0.120. The molecule has 82 valence electrons. The van der Waals surface area contributed by atoms with Crippen LogP contribution >= 0.6 is 11.6 Å². The maximum atomic E-state index is 11.2. The number of nitrogens with two attached hydrogens (primary N) is 1. The Morgan fingerprint density at radius 1 is 1.60 bits per heavy atom. The van der Waals surface area contributed by atoms with Gasteiger partial charge in [0.05, 0.1) is 12.6 Å². The van der Waals surface area contributed by atoms with E-state index in [0.29, 0.717) is 5.02 Å². The third kappa shape index (κ3) is 3.53. The van der Waals surface area contributed by atoms with E-state index in [0.717, 1.165) is 12.0 Å². The average molecular weight is 227 g/mol. The largest absolute Gasteiger partial charge is 0.348 e. The quantitative estimate of drug-likeness (QED) is 0.824. The summed E-state index contributed by atoms with van der Waals surface area (Å²) in [5, 5.41) is 3.51. The molecule has 0 saturated carbocycles. The standard InChI is InChI=1S/C11H15ClN2O/c1-2-10(14-11(15)7-13)8-4-3-5-9(12)6-8/h3-6,10H,2,7,13H2,1H3,(H,14,15). The summed E-state index contributed by atoms with van der Waals surface area (Å²) in [5.41, 5.74) is 6.25. The molecule has 1 aromatic carbocycles. The molecule has 1 amide bonds. The van der Waals surface area contributed by atoms with E-state index in [1.807, 2.05) is 31.2 Å². The van der Waals surface area contributed by atoms with Crippen LogP contribution in [0.4, 0.5) is 0 Å². The van der Waals surface area contributed by atoms with Gasteiger partial charge in [-0.1, -0.05) is 30.7 Å². The molecule has 0 aliphatic carbocycles. The Hall–Kier alpha value is -1.06. The summed E-state index contributed by atoms with van der Waals surface area (Å²) in [7, 11) is 0. The molecule has 0 heterocycles. The van der Waals surface area contributed by atoms with Crippen molar-refractivity contribution in [2.75, 3.05) is 6.54 Å². The smallest absolute Gasteiger partial charge is 0.234 e. The molecular formula is C11H15ClN2O. The Morgan fingerprint density at radius 3 is 2.87 bits per heavy atom. The molecule has 0 aromatic heterocycles. The van der Waals surface area contributed by atoms with Crippen LogP contribution in [0.15, 0.2) is 24.3 Å². The first kappa shape index (κ1) is 12.0. The van der Waals surface area contributed by atoms with Gasteiger partial charge in [-0.25, -0.2) is 0 Å². The predicted octanol–water partition coefficient (Wildman–Crippen LogP) is 1.87. The zero-order valence-corrected chi connectivity index (χ0v) is 9.42. The second-order valence-electron chi connectivity index (χ2n) is 3.29. The minimum Gasteiger partial charge on any atom is -0.348 e. The number of benzene rings is 1. The highest BCUT2D eigenvalue weighted by Gasteiger charge is 2.11. The first-order chi connectivity index (χ1) is 7.17. The van der Waals surface area contributed by atoms with Crippen LogP contribution in [-0.4, -0.2) is 12.5 Å². The highest BCUT2D eigenvalue weighted by atomic mass is 35.5. The van der Waals surface area contributed by atoms with Gasteiger partial charge in [0, 0.05) is 5.02 Å². The lowest BCUT2D eigenvalue weighted by atomic mass is 10.0. The fraction of sp³-hybridized carbons (Fsp3) is 0.364. The van der Waals surface area contributed by atoms with Crippen molar-refractivity contribution in [3.63, 3.8) is 0 Å². The number of halogens is 1. The van der Waals surface area contributed by atoms with Crippen LogP contribution in [0, 0.1) is 0 Å². The van der Waals surface area contributed by atoms with Gasteiger partial charge in [-0.3, -0.25) is 4.79 Å². The molecule has 0 aliphatic heterocycles. The van der Waals surface area contributed by atoms with Crippen LogP contribution < -0.4 is 11.1 Å². The summed E-state index contributed by atoms with van der Waals surface area (Å²) in [6.45, 7) is 2.01. The molecule has 0 spiro atoms. The van der Waals surface area contributed by atoms with E-state index in [2.05, 4.69) is 5.32 Å². The summed E-state index contributed by atoms with van der Waals surface area (Å²) in [4.78, 5) is 11.2. The van der Waals surface area contributed by atoms with Gasteiger partial charge in [-0.15, -0.1) is 0 Å². The molecule has 3 nitrogen and oxygen atoms in total. The van der Waals surface area contributed by atoms with E-state index in [-0.39, 0.29) is 18.5 Å². The van der Waals surface area contributed by atoms with E-state index in [4.69, 9.17) is 17.3 Å². The van der Waals surface area contributed by atoms with E-state index in [9.17, 15) is 4.79 Å². The number of carbonyl (C=O) groups excluding carboxylic acids is 1. The van der Waals surface area contributed by atoms with Crippen molar-refractivity contribution in [2.24, 2.45) is 5.73 Å². The van der Waals surface area contributed by atoms with Gasteiger partial charge in [0.15, 0.2) is 0 Å². The fourth-order valence-corrected chi connectivity index (χ4v) is 1.60. The van der Waals surface area contributed by atoms with Gasteiger partial charge in [0.2, 0.25) is 5.91 Å². The number of rotatable bonds is 4. The monoisotopic (exact) mass is 226 g/mol. The normalized spacial score (nSPS) is 12.2. The summed E-state index contributed by atoms with van der Waals surface area (Å²) in [5.74, 6) is -0.151. The van der Waals surface area contributed by atoms with Crippen LogP contribution in [-0.2, 0) is 4.79 Å². The minimum absolute atomic E-state index is 0.0110. The third-order valence-electron chi connectivity index (χ3n) is 2.18. The van der Waals surface area contributed by atoms with E-state index in [1.54, 1.807) is 0 Å². The highest BCUT2D eigenvalue weighted by Crippen LogP contribution is 2.19. The molecule has 0 radical (unpaired) electrons.